The topological polar surface area (TPSA) is 56.1 Å². The van der Waals surface area contributed by atoms with Gasteiger partial charge in [0.25, 0.3) is 0 Å². The van der Waals surface area contributed by atoms with E-state index in [1.165, 1.54) is 28.1 Å². The van der Waals surface area contributed by atoms with Gasteiger partial charge >= 0.3 is 0 Å². The van der Waals surface area contributed by atoms with Crippen LogP contribution in [0.4, 0.5) is 11.4 Å². The Morgan fingerprint density at radius 3 is 1.78 bits per heavy atom. The number of fused-ring (bicyclic) bond motifs is 2. The van der Waals surface area contributed by atoms with E-state index in [2.05, 4.69) is 177 Å². The molecular weight excluding hydrogens is 619 g/mol. The van der Waals surface area contributed by atoms with Crippen LogP contribution >= 0.6 is 0 Å². The van der Waals surface area contributed by atoms with Crippen LogP contribution in [0, 0.1) is 5.41 Å². The van der Waals surface area contributed by atoms with E-state index in [1.54, 1.807) is 0 Å². The Morgan fingerprint density at radius 2 is 1.20 bits per heavy atom. The first-order valence-electron chi connectivity index (χ1n) is 17.3. The molecule has 0 fully saturated rings. The van der Waals surface area contributed by atoms with Crippen LogP contribution in [-0.4, -0.2) is 29.2 Å². The SMILES string of the molecule is C[SiH](C)OC(c1ccc2c(c1)CCc1ccccc1N2Cc1nnnn1C(c1ccccc1)(c1ccccc1)c1ccccc1)C(C)(C)C. The summed E-state index contributed by atoms with van der Waals surface area (Å²) in [5, 5.41) is 14.0. The smallest absolute Gasteiger partial charge is 0.172 e. The third-order valence-electron chi connectivity index (χ3n) is 9.56. The molecule has 1 aliphatic rings. The Morgan fingerprint density at radius 1 is 0.673 bits per heavy atom. The molecule has 0 aliphatic carbocycles. The molecule has 248 valence electrons. The van der Waals surface area contributed by atoms with Crippen molar-refractivity contribution in [2.45, 2.75) is 64.9 Å². The summed E-state index contributed by atoms with van der Waals surface area (Å²) in [5.41, 5.74) is 8.69. The molecule has 5 aromatic carbocycles. The molecule has 7 rings (SSSR count). The summed E-state index contributed by atoms with van der Waals surface area (Å²) in [6.45, 7) is 11.8. The molecule has 0 bridgehead atoms. The molecule has 0 radical (unpaired) electrons. The molecule has 1 atom stereocenters. The summed E-state index contributed by atoms with van der Waals surface area (Å²) in [6, 6.07) is 47.5. The van der Waals surface area contributed by atoms with E-state index in [4.69, 9.17) is 14.7 Å². The van der Waals surface area contributed by atoms with Crippen LogP contribution < -0.4 is 4.90 Å². The average molecular weight is 664 g/mol. The monoisotopic (exact) mass is 663 g/mol. The van der Waals surface area contributed by atoms with Crippen molar-refractivity contribution in [3.05, 3.63) is 173 Å². The number of nitrogens with zero attached hydrogens (tertiary/aromatic N) is 5. The van der Waals surface area contributed by atoms with Gasteiger partial charge in [0.1, 0.15) is 5.54 Å². The van der Waals surface area contributed by atoms with Crippen molar-refractivity contribution in [1.82, 2.24) is 20.2 Å². The Balaban J connectivity index is 1.41. The van der Waals surface area contributed by atoms with Gasteiger partial charge in [0.05, 0.1) is 12.6 Å². The predicted octanol–water partition coefficient (Wildman–Crippen LogP) is 9.04. The van der Waals surface area contributed by atoms with E-state index in [0.29, 0.717) is 6.54 Å². The molecule has 6 aromatic rings. The van der Waals surface area contributed by atoms with Gasteiger partial charge in [-0.2, -0.15) is 0 Å². The summed E-state index contributed by atoms with van der Waals surface area (Å²) in [4.78, 5) is 2.42. The number of aryl methyl sites for hydroxylation is 2. The largest absolute Gasteiger partial charge is 0.413 e. The molecule has 6 nitrogen and oxygen atoms in total. The third-order valence-corrected chi connectivity index (χ3v) is 10.4. The van der Waals surface area contributed by atoms with E-state index < -0.39 is 14.6 Å². The van der Waals surface area contributed by atoms with E-state index in [0.717, 1.165) is 35.4 Å². The summed E-state index contributed by atoms with van der Waals surface area (Å²) >= 11 is 0. The molecule has 49 heavy (non-hydrogen) atoms. The molecule has 0 saturated heterocycles. The minimum Gasteiger partial charge on any atom is -0.413 e. The third kappa shape index (κ3) is 6.25. The fraction of sp³-hybridized carbons (Fsp3) is 0.262. The van der Waals surface area contributed by atoms with Gasteiger partial charge in [0.2, 0.25) is 0 Å². The molecule has 0 spiro atoms. The van der Waals surface area contributed by atoms with Gasteiger partial charge in [-0.3, -0.25) is 0 Å². The van der Waals surface area contributed by atoms with Crippen molar-refractivity contribution >= 4 is 20.4 Å². The fourth-order valence-electron chi connectivity index (χ4n) is 7.45. The molecule has 1 unspecified atom stereocenters. The highest BCUT2D eigenvalue weighted by molar-refractivity contribution is 6.48. The number of benzene rings is 5. The van der Waals surface area contributed by atoms with Crippen molar-refractivity contribution in [1.29, 1.82) is 0 Å². The number of anilines is 2. The highest BCUT2D eigenvalue weighted by atomic mass is 28.3. The van der Waals surface area contributed by atoms with E-state index in [1.807, 2.05) is 4.68 Å². The van der Waals surface area contributed by atoms with Crippen LogP contribution in [0.2, 0.25) is 13.1 Å². The summed E-state index contributed by atoms with van der Waals surface area (Å²) in [5.74, 6) is 0.769. The highest BCUT2D eigenvalue weighted by Gasteiger charge is 2.42. The van der Waals surface area contributed by atoms with Gasteiger partial charge in [0.15, 0.2) is 14.9 Å². The molecule has 0 amide bonds. The Kier molecular flexibility index (Phi) is 9.05. The van der Waals surface area contributed by atoms with E-state index >= 15 is 0 Å². The number of hydrogen-bond acceptors (Lipinski definition) is 5. The Labute approximate surface area is 292 Å². The molecule has 1 aromatic heterocycles. The number of tetrazole rings is 1. The maximum absolute atomic E-state index is 6.67. The number of para-hydroxylation sites is 1. The Bertz CT molecular complexity index is 1910. The van der Waals surface area contributed by atoms with E-state index in [9.17, 15) is 0 Å². The summed E-state index contributed by atoms with van der Waals surface area (Å²) in [6.07, 6.45) is 1.94. The van der Waals surface area contributed by atoms with Gasteiger partial charge in [-0.15, -0.1) is 5.10 Å². The molecule has 1 aliphatic heterocycles. The van der Waals surface area contributed by atoms with Crippen molar-refractivity contribution in [2.24, 2.45) is 5.41 Å². The average Bonchev–Trinajstić information content (AvgIpc) is 3.52. The van der Waals surface area contributed by atoms with Crippen LogP contribution in [0.1, 0.15) is 66.1 Å². The first-order valence-corrected chi connectivity index (χ1v) is 20.1. The lowest BCUT2D eigenvalue weighted by Gasteiger charge is -2.37. The minimum atomic E-state index is -1.27. The van der Waals surface area contributed by atoms with Gasteiger partial charge in [-0.25, -0.2) is 4.68 Å². The van der Waals surface area contributed by atoms with Crippen LogP contribution in [0.3, 0.4) is 0 Å². The van der Waals surface area contributed by atoms with Crippen molar-refractivity contribution in [2.75, 3.05) is 4.90 Å². The maximum atomic E-state index is 6.67. The first kappa shape index (κ1) is 32.7. The first-order chi connectivity index (χ1) is 23.8. The zero-order valence-corrected chi connectivity index (χ0v) is 30.3. The van der Waals surface area contributed by atoms with Crippen LogP contribution in [0.25, 0.3) is 0 Å². The molecule has 2 heterocycles. The van der Waals surface area contributed by atoms with Crippen molar-refractivity contribution < 1.29 is 4.43 Å². The number of rotatable bonds is 9. The molecule has 7 heteroatoms. The zero-order valence-electron chi connectivity index (χ0n) is 29.1. The minimum absolute atomic E-state index is 0.0172. The standard InChI is InChI=1S/C42H45N5OSi/c1-41(2,3)40(48-49(4)5)33-27-28-38-32(29-33)26-25-31-17-15-16-24-37(31)46(38)30-39-43-44-45-47(39)42(34-18-9-6-10-19-34,35-20-11-7-12-21-35)36-22-13-8-14-23-36/h6-24,27-29,40,49H,25-26,30H2,1-5H3. The van der Waals surface area contributed by atoms with Crippen LogP contribution in [-0.2, 0) is 29.4 Å². The molecular formula is C42H45N5OSi. The molecule has 0 saturated carbocycles. The second-order valence-electron chi connectivity index (χ2n) is 14.3. The number of aromatic nitrogens is 4. The lowest BCUT2D eigenvalue weighted by atomic mass is 9.77. The maximum Gasteiger partial charge on any atom is 0.172 e. The second-order valence-corrected chi connectivity index (χ2v) is 16.7. The fourth-order valence-corrected chi connectivity index (χ4v) is 8.56. The van der Waals surface area contributed by atoms with E-state index in [-0.39, 0.29) is 11.5 Å². The number of hydrogen-bond donors (Lipinski definition) is 0. The lowest BCUT2D eigenvalue weighted by molar-refractivity contribution is 0.0865. The molecule has 0 N–H and O–H groups in total. The van der Waals surface area contributed by atoms with Gasteiger partial charge in [0, 0.05) is 11.4 Å². The normalized spacial score (nSPS) is 13.9. The predicted molar refractivity (Wildman–Crippen MR) is 201 cm³/mol. The lowest BCUT2D eigenvalue weighted by Crippen LogP contribution is -2.40. The van der Waals surface area contributed by atoms with Crippen LogP contribution in [0.5, 0.6) is 0 Å². The highest BCUT2D eigenvalue weighted by Crippen LogP contribution is 2.44. The zero-order chi connectivity index (χ0) is 34.0. The van der Waals surface area contributed by atoms with Crippen LogP contribution in [0.15, 0.2) is 133 Å². The van der Waals surface area contributed by atoms with Gasteiger partial charge in [-0.1, -0.05) is 142 Å². The summed E-state index contributed by atoms with van der Waals surface area (Å²) in [7, 11) is -1.27. The quantitative estimate of drug-likeness (QED) is 0.114. The van der Waals surface area contributed by atoms with Gasteiger partial charge < -0.3 is 9.33 Å². The Hall–Kier alpha value is -4.85. The summed E-state index contributed by atoms with van der Waals surface area (Å²) < 4.78 is 8.72. The van der Waals surface area contributed by atoms with Crippen molar-refractivity contribution in [3.63, 3.8) is 0 Å². The second kappa shape index (κ2) is 13.6. The van der Waals surface area contributed by atoms with Gasteiger partial charge in [-0.05, 0) is 87.3 Å². The van der Waals surface area contributed by atoms with Crippen molar-refractivity contribution in [3.8, 4) is 0 Å².